The fourth-order valence-electron chi connectivity index (χ4n) is 3.73. The Kier molecular flexibility index (Phi) is 6.18. The zero-order valence-electron chi connectivity index (χ0n) is 16.0. The van der Waals surface area contributed by atoms with Crippen LogP contribution >= 0.6 is 11.3 Å². The van der Waals surface area contributed by atoms with Crippen LogP contribution in [-0.2, 0) is 6.42 Å². The minimum Gasteiger partial charge on any atom is -0.397 e. The summed E-state index contributed by atoms with van der Waals surface area (Å²) < 4.78 is 0. The van der Waals surface area contributed by atoms with Crippen LogP contribution in [0.1, 0.15) is 48.3 Å². The van der Waals surface area contributed by atoms with Gasteiger partial charge in [0, 0.05) is 30.6 Å². The molecule has 1 saturated heterocycles. The lowest BCUT2D eigenvalue weighted by molar-refractivity contribution is 0.100. The first-order chi connectivity index (χ1) is 12.9. The van der Waals surface area contributed by atoms with Gasteiger partial charge < -0.3 is 26.8 Å². The van der Waals surface area contributed by atoms with Gasteiger partial charge in [0.25, 0.3) is 5.91 Å². The number of hydrogen-bond donors (Lipinski definition) is 4. The standard InChI is InChI=1S/C19H29N5O2S/c1-3-4-12-9-14(23-19-15(12)16(20)17(27-19)18(21)26)24-7-5-13(6-8-24)22-11(2)10-25/h9,11,13,22,25H,3-8,10,20H2,1-2H3,(H2,21,26). The highest BCUT2D eigenvalue weighted by atomic mass is 32.1. The quantitative estimate of drug-likeness (QED) is 0.572. The van der Waals surface area contributed by atoms with Gasteiger partial charge in [0.05, 0.1) is 12.3 Å². The number of aliphatic hydroxyl groups excluding tert-OH is 1. The van der Waals surface area contributed by atoms with Crippen molar-refractivity contribution >= 4 is 39.0 Å². The van der Waals surface area contributed by atoms with Crippen molar-refractivity contribution in [1.29, 1.82) is 0 Å². The molecule has 2 aromatic heterocycles. The Balaban J connectivity index is 1.86. The number of hydrogen-bond acceptors (Lipinski definition) is 7. The third-order valence-corrected chi connectivity index (χ3v) is 6.24. The van der Waals surface area contributed by atoms with Crippen molar-refractivity contribution in [2.75, 3.05) is 30.3 Å². The van der Waals surface area contributed by atoms with E-state index in [0.717, 1.165) is 60.4 Å². The van der Waals surface area contributed by atoms with Crippen LogP contribution in [0.25, 0.3) is 10.2 Å². The number of rotatable bonds is 7. The fraction of sp³-hybridized carbons (Fsp3) is 0.579. The second-order valence-corrected chi connectivity index (χ2v) is 8.29. The Bertz CT molecular complexity index is 814. The first kappa shape index (κ1) is 19.9. The monoisotopic (exact) mass is 391 g/mol. The normalized spacial score (nSPS) is 16.8. The van der Waals surface area contributed by atoms with E-state index in [1.165, 1.54) is 11.3 Å². The number of nitrogen functional groups attached to an aromatic ring is 1. The molecule has 1 amide bonds. The molecule has 0 bridgehead atoms. The van der Waals surface area contributed by atoms with Crippen LogP contribution in [0.5, 0.6) is 0 Å². The minimum atomic E-state index is -0.496. The van der Waals surface area contributed by atoms with Crippen LogP contribution in [0, 0.1) is 0 Å². The number of carbonyl (C=O) groups excluding carboxylic acids is 1. The first-order valence-electron chi connectivity index (χ1n) is 9.58. The number of anilines is 2. The van der Waals surface area contributed by atoms with Crippen molar-refractivity contribution in [2.45, 2.75) is 51.6 Å². The van der Waals surface area contributed by atoms with E-state index in [0.29, 0.717) is 16.6 Å². The molecule has 3 heterocycles. The van der Waals surface area contributed by atoms with Crippen LogP contribution in [0.15, 0.2) is 6.07 Å². The van der Waals surface area contributed by atoms with Gasteiger partial charge in [0.2, 0.25) is 0 Å². The van der Waals surface area contributed by atoms with E-state index in [1.807, 2.05) is 6.92 Å². The number of nitrogens with zero attached hydrogens (tertiary/aromatic N) is 2. The van der Waals surface area contributed by atoms with Crippen LogP contribution in [0.4, 0.5) is 11.5 Å². The highest BCUT2D eigenvalue weighted by Gasteiger charge is 2.24. The number of carbonyl (C=O) groups is 1. The number of amides is 1. The first-order valence-corrected chi connectivity index (χ1v) is 10.4. The number of primary amides is 1. The molecule has 3 rings (SSSR count). The average molecular weight is 392 g/mol. The summed E-state index contributed by atoms with van der Waals surface area (Å²) in [6.07, 6.45) is 3.89. The maximum absolute atomic E-state index is 11.7. The molecule has 0 radical (unpaired) electrons. The lowest BCUT2D eigenvalue weighted by Gasteiger charge is -2.34. The van der Waals surface area contributed by atoms with Crippen LogP contribution < -0.4 is 21.7 Å². The molecule has 1 unspecified atom stereocenters. The number of nitrogens with one attached hydrogen (secondary N) is 1. The van der Waals surface area contributed by atoms with Crippen molar-refractivity contribution in [1.82, 2.24) is 10.3 Å². The molecule has 0 aliphatic carbocycles. The molecule has 7 nitrogen and oxygen atoms in total. The van der Waals surface area contributed by atoms with Gasteiger partial charge >= 0.3 is 0 Å². The Morgan fingerprint density at radius 3 is 2.78 bits per heavy atom. The van der Waals surface area contributed by atoms with Crippen LogP contribution in [0.2, 0.25) is 0 Å². The van der Waals surface area contributed by atoms with E-state index >= 15 is 0 Å². The summed E-state index contributed by atoms with van der Waals surface area (Å²) in [4.78, 5) is 20.0. The van der Waals surface area contributed by atoms with Gasteiger partial charge in [-0.15, -0.1) is 11.3 Å². The molecular weight excluding hydrogens is 362 g/mol. The predicted octanol–water partition coefficient (Wildman–Crippen LogP) is 1.87. The molecule has 27 heavy (non-hydrogen) atoms. The molecular formula is C19H29N5O2S. The number of fused-ring (bicyclic) bond motifs is 1. The van der Waals surface area contributed by atoms with Crippen molar-refractivity contribution < 1.29 is 9.90 Å². The van der Waals surface area contributed by atoms with Gasteiger partial charge in [-0.1, -0.05) is 13.3 Å². The molecule has 1 atom stereocenters. The summed E-state index contributed by atoms with van der Waals surface area (Å²) >= 11 is 1.28. The topological polar surface area (TPSA) is 117 Å². The lowest BCUT2D eigenvalue weighted by atomic mass is 10.0. The second kappa shape index (κ2) is 8.41. The summed E-state index contributed by atoms with van der Waals surface area (Å²) in [5.74, 6) is 0.446. The summed E-state index contributed by atoms with van der Waals surface area (Å²) in [5.41, 5.74) is 13.3. The maximum Gasteiger partial charge on any atom is 0.260 e. The van der Waals surface area contributed by atoms with Crippen molar-refractivity contribution in [3.05, 3.63) is 16.5 Å². The maximum atomic E-state index is 11.7. The summed E-state index contributed by atoms with van der Waals surface area (Å²) in [6, 6.07) is 2.65. The zero-order valence-corrected chi connectivity index (χ0v) is 16.8. The predicted molar refractivity (Wildman–Crippen MR) is 111 cm³/mol. The number of pyridine rings is 1. The Labute approximate surface area is 163 Å². The van der Waals surface area contributed by atoms with E-state index in [-0.39, 0.29) is 12.6 Å². The van der Waals surface area contributed by atoms with Gasteiger partial charge in [-0.05, 0) is 37.8 Å². The smallest absolute Gasteiger partial charge is 0.260 e. The third-order valence-electron chi connectivity index (χ3n) is 5.12. The number of thiophene rings is 1. The highest BCUT2D eigenvalue weighted by Crippen LogP contribution is 2.37. The summed E-state index contributed by atoms with van der Waals surface area (Å²) in [6.45, 7) is 6.09. The lowest BCUT2D eigenvalue weighted by Crippen LogP contribution is -2.46. The molecule has 0 saturated carbocycles. The minimum absolute atomic E-state index is 0.119. The largest absolute Gasteiger partial charge is 0.397 e. The zero-order chi connectivity index (χ0) is 19.6. The van der Waals surface area contributed by atoms with Crippen LogP contribution in [-0.4, -0.2) is 47.8 Å². The van der Waals surface area contributed by atoms with Gasteiger partial charge in [-0.25, -0.2) is 4.98 Å². The van der Waals surface area contributed by atoms with Crippen molar-refractivity contribution in [3.63, 3.8) is 0 Å². The van der Waals surface area contributed by atoms with Gasteiger partial charge in [-0.3, -0.25) is 4.79 Å². The Hall–Kier alpha value is -1.90. The van der Waals surface area contributed by atoms with E-state index in [4.69, 9.17) is 16.5 Å². The fourth-order valence-corrected chi connectivity index (χ4v) is 4.71. The van der Waals surface area contributed by atoms with E-state index in [9.17, 15) is 9.90 Å². The Morgan fingerprint density at radius 2 is 2.19 bits per heavy atom. The molecule has 1 fully saturated rings. The van der Waals surface area contributed by atoms with Crippen LogP contribution in [0.3, 0.4) is 0 Å². The summed E-state index contributed by atoms with van der Waals surface area (Å²) in [7, 11) is 0. The van der Waals surface area contributed by atoms with E-state index < -0.39 is 5.91 Å². The summed E-state index contributed by atoms with van der Waals surface area (Å²) in [5, 5.41) is 13.6. The number of nitrogens with two attached hydrogens (primary N) is 2. The molecule has 148 valence electrons. The molecule has 0 spiro atoms. The van der Waals surface area contributed by atoms with Crippen molar-refractivity contribution in [2.24, 2.45) is 5.73 Å². The van der Waals surface area contributed by atoms with Crippen molar-refractivity contribution in [3.8, 4) is 0 Å². The number of aryl methyl sites for hydroxylation is 1. The van der Waals surface area contributed by atoms with Gasteiger partial charge in [0.15, 0.2) is 0 Å². The molecule has 1 aliphatic rings. The van der Waals surface area contributed by atoms with E-state index in [2.05, 4.69) is 23.2 Å². The highest BCUT2D eigenvalue weighted by molar-refractivity contribution is 7.21. The van der Waals surface area contributed by atoms with E-state index in [1.54, 1.807) is 0 Å². The number of piperidine rings is 1. The number of aromatic nitrogens is 1. The third kappa shape index (κ3) is 4.17. The second-order valence-electron chi connectivity index (χ2n) is 7.29. The molecule has 6 N–H and O–H groups in total. The average Bonchev–Trinajstić information content (AvgIpc) is 2.99. The van der Waals surface area contributed by atoms with Gasteiger partial charge in [0.1, 0.15) is 15.5 Å². The molecule has 0 aromatic carbocycles. The number of aliphatic hydroxyl groups is 1. The Morgan fingerprint density at radius 1 is 1.48 bits per heavy atom. The molecule has 8 heteroatoms. The molecule has 1 aliphatic heterocycles. The molecule has 2 aromatic rings. The van der Waals surface area contributed by atoms with Gasteiger partial charge in [-0.2, -0.15) is 0 Å². The SMILES string of the molecule is CCCc1cc(N2CCC(NC(C)CO)CC2)nc2sc(C(N)=O)c(N)c12.